The standard InChI is InChI=1S/C13H15N3O3/c1-19-11-3-2-9(6-10(11)7-14)8-16-13(18)5-4-12(17)15-16/h2-6H,7-8,14H2,1H3,(H,15,17). The predicted molar refractivity (Wildman–Crippen MR) is 71.3 cm³/mol. The molecule has 19 heavy (non-hydrogen) atoms. The van der Waals surface area contributed by atoms with Crippen molar-refractivity contribution >= 4 is 0 Å². The van der Waals surface area contributed by atoms with E-state index in [-0.39, 0.29) is 17.7 Å². The number of nitrogens with zero attached hydrogens (tertiary/aromatic N) is 1. The normalized spacial score (nSPS) is 10.4. The molecule has 0 unspecified atom stereocenters. The minimum absolute atomic E-state index is 0.260. The fraction of sp³-hybridized carbons (Fsp3) is 0.231. The second-order valence-corrected chi connectivity index (χ2v) is 4.08. The topological polar surface area (TPSA) is 90.1 Å². The second kappa shape index (κ2) is 5.53. The molecule has 1 aromatic carbocycles. The third-order valence-electron chi connectivity index (χ3n) is 2.79. The van der Waals surface area contributed by atoms with Crippen molar-refractivity contribution in [3.05, 3.63) is 62.2 Å². The maximum absolute atomic E-state index is 11.6. The van der Waals surface area contributed by atoms with E-state index in [0.717, 1.165) is 11.1 Å². The highest BCUT2D eigenvalue weighted by molar-refractivity contribution is 5.37. The van der Waals surface area contributed by atoms with Crippen molar-refractivity contribution in [1.29, 1.82) is 0 Å². The van der Waals surface area contributed by atoms with Gasteiger partial charge in [0.25, 0.3) is 11.1 Å². The van der Waals surface area contributed by atoms with Crippen molar-refractivity contribution in [2.75, 3.05) is 7.11 Å². The van der Waals surface area contributed by atoms with Crippen molar-refractivity contribution in [3.8, 4) is 5.75 Å². The maximum Gasteiger partial charge on any atom is 0.265 e. The van der Waals surface area contributed by atoms with Gasteiger partial charge in [0.2, 0.25) is 0 Å². The minimum Gasteiger partial charge on any atom is -0.496 e. The lowest BCUT2D eigenvalue weighted by Gasteiger charge is -2.10. The van der Waals surface area contributed by atoms with Gasteiger partial charge in [0.15, 0.2) is 0 Å². The zero-order valence-corrected chi connectivity index (χ0v) is 10.6. The minimum atomic E-state index is -0.313. The van der Waals surface area contributed by atoms with Gasteiger partial charge in [-0.25, -0.2) is 4.68 Å². The first-order valence-corrected chi connectivity index (χ1v) is 5.80. The summed E-state index contributed by atoms with van der Waals surface area (Å²) in [5, 5.41) is 2.48. The van der Waals surface area contributed by atoms with Gasteiger partial charge in [0, 0.05) is 24.2 Å². The molecular formula is C13H15N3O3. The fourth-order valence-electron chi connectivity index (χ4n) is 1.85. The quantitative estimate of drug-likeness (QED) is 0.813. The Morgan fingerprint density at radius 1 is 1.26 bits per heavy atom. The molecule has 0 spiro atoms. The first-order chi connectivity index (χ1) is 9.13. The third kappa shape index (κ3) is 2.92. The summed E-state index contributed by atoms with van der Waals surface area (Å²) >= 11 is 0. The Bertz CT molecular complexity index is 688. The molecule has 3 N–H and O–H groups in total. The Hall–Kier alpha value is -2.34. The number of nitrogens with two attached hydrogens (primary N) is 1. The van der Waals surface area contributed by atoms with E-state index in [1.807, 2.05) is 12.1 Å². The molecule has 2 aromatic rings. The maximum atomic E-state index is 11.6. The Kier molecular flexibility index (Phi) is 3.82. The van der Waals surface area contributed by atoms with E-state index in [1.54, 1.807) is 13.2 Å². The van der Waals surface area contributed by atoms with Gasteiger partial charge in [-0.05, 0) is 17.7 Å². The van der Waals surface area contributed by atoms with Crippen LogP contribution in [0.2, 0.25) is 0 Å². The smallest absolute Gasteiger partial charge is 0.265 e. The summed E-state index contributed by atoms with van der Waals surface area (Å²) in [5.74, 6) is 0.708. The van der Waals surface area contributed by atoms with Crippen molar-refractivity contribution < 1.29 is 4.74 Å². The van der Waals surface area contributed by atoms with E-state index in [0.29, 0.717) is 12.3 Å². The summed E-state index contributed by atoms with van der Waals surface area (Å²) in [6.07, 6.45) is 0. The summed E-state index contributed by atoms with van der Waals surface area (Å²) in [5.41, 5.74) is 6.78. The largest absolute Gasteiger partial charge is 0.496 e. The fourth-order valence-corrected chi connectivity index (χ4v) is 1.85. The number of methoxy groups -OCH3 is 1. The van der Waals surface area contributed by atoms with E-state index >= 15 is 0 Å². The van der Waals surface area contributed by atoms with Crippen molar-refractivity contribution in [3.63, 3.8) is 0 Å². The Morgan fingerprint density at radius 3 is 2.74 bits per heavy atom. The molecule has 0 aliphatic rings. The molecule has 0 bridgehead atoms. The lowest BCUT2D eigenvalue weighted by Crippen LogP contribution is -2.28. The van der Waals surface area contributed by atoms with E-state index in [4.69, 9.17) is 10.5 Å². The summed E-state index contributed by atoms with van der Waals surface area (Å²) < 4.78 is 6.43. The monoisotopic (exact) mass is 261 g/mol. The van der Waals surface area contributed by atoms with E-state index in [2.05, 4.69) is 5.10 Å². The Balaban J connectivity index is 2.36. The molecule has 1 heterocycles. The third-order valence-corrected chi connectivity index (χ3v) is 2.79. The molecule has 0 saturated carbocycles. The zero-order valence-electron chi connectivity index (χ0n) is 10.6. The van der Waals surface area contributed by atoms with Crippen molar-refractivity contribution in [1.82, 2.24) is 9.78 Å². The summed E-state index contributed by atoms with van der Waals surface area (Å²) in [6, 6.07) is 7.93. The number of nitrogens with one attached hydrogen (secondary N) is 1. The first-order valence-electron chi connectivity index (χ1n) is 5.80. The number of hydrogen-bond donors (Lipinski definition) is 2. The molecule has 2 rings (SSSR count). The van der Waals surface area contributed by atoms with Gasteiger partial charge in [0.1, 0.15) is 5.75 Å². The summed E-state index contributed by atoms with van der Waals surface area (Å²) in [7, 11) is 1.58. The zero-order chi connectivity index (χ0) is 13.8. The van der Waals surface area contributed by atoms with Crippen LogP contribution in [0.3, 0.4) is 0 Å². The molecular weight excluding hydrogens is 246 g/mol. The number of ether oxygens (including phenoxy) is 1. The van der Waals surface area contributed by atoms with Crippen LogP contribution in [0, 0.1) is 0 Å². The van der Waals surface area contributed by atoms with Gasteiger partial charge in [0.05, 0.1) is 13.7 Å². The number of H-pyrrole nitrogens is 1. The summed E-state index contributed by atoms with van der Waals surface area (Å²) in [4.78, 5) is 22.8. The van der Waals surface area contributed by atoms with Crippen LogP contribution in [0.1, 0.15) is 11.1 Å². The van der Waals surface area contributed by atoms with E-state index in [9.17, 15) is 9.59 Å². The number of benzene rings is 1. The molecule has 6 nitrogen and oxygen atoms in total. The molecule has 0 fully saturated rings. The van der Waals surface area contributed by atoms with Crippen LogP contribution in [-0.2, 0) is 13.1 Å². The molecule has 0 radical (unpaired) electrons. The molecule has 6 heteroatoms. The first kappa shape index (κ1) is 13.1. The molecule has 0 atom stereocenters. The lowest BCUT2D eigenvalue weighted by molar-refractivity contribution is 0.409. The van der Waals surface area contributed by atoms with Gasteiger partial charge in [-0.15, -0.1) is 0 Å². The van der Waals surface area contributed by atoms with E-state index in [1.165, 1.54) is 16.8 Å². The highest BCUT2D eigenvalue weighted by Crippen LogP contribution is 2.19. The number of hydrogen-bond acceptors (Lipinski definition) is 4. The molecule has 0 saturated heterocycles. The van der Waals surface area contributed by atoms with Crippen LogP contribution < -0.4 is 21.6 Å². The van der Waals surface area contributed by atoms with Gasteiger partial charge in [-0.2, -0.15) is 0 Å². The molecule has 1 aromatic heterocycles. The number of rotatable bonds is 4. The number of aromatic nitrogens is 2. The number of aromatic amines is 1. The van der Waals surface area contributed by atoms with Crippen LogP contribution in [0.4, 0.5) is 0 Å². The van der Waals surface area contributed by atoms with Gasteiger partial charge in [-0.3, -0.25) is 14.7 Å². The SMILES string of the molecule is COc1ccc(Cn2[nH]c(=O)ccc2=O)cc1CN. The molecule has 0 aliphatic carbocycles. The molecule has 0 aliphatic heterocycles. The Labute approximate surface area is 109 Å². The van der Waals surface area contributed by atoms with Gasteiger partial charge < -0.3 is 10.5 Å². The van der Waals surface area contributed by atoms with Crippen LogP contribution in [0.25, 0.3) is 0 Å². The second-order valence-electron chi connectivity index (χ2n) is 4.08. The van der Waals surface area contributed by atoms with Crippen molar-refractivity contribution in [2.45, 2.75) is 13.1 Å². The Morgan fingerprint density at radius 2 is 2.05 bits per heavy atom. The average molecular weight is 261 g/mol. The van der Waals surface area contributed by atoms with Crippen LogP contribution in [0.15, 0.2) is 39.9 Å². The lowest BCUT2D eigenvalue weighted by atomic mass is 10.1. The van der Waals surface area contributed by atoms with E-state index < -0.39 is 0 Å². The molecule has 100 valence electrons. The molecule has 0 amide bonds. The predicted octanol–water partition coefficient (Wildman–Crippen LogP) is 0.0522. The highest BCUT2D eigenvalue weighted by atomic mass is 16.5. The van der Waals surface area contributed by atoms with Crippen LogP contribution in [0.5, 0.6) is 5.75 Å². The van der Waals surface area contributed by atoms with Crippen LogP contribution >= 0.6 is 0 Å². The van der Waals surface area contributed by atoms with Crippen LogP contribution in [-0.4, -0.2) is 16.9 Å². The highest BCUT2D eigenvalue weighted by Gasteiger charge is 2.04. The van der Waals surface area contributed by atoms with Crippen molar-refractivity contribution in [2.24, 2.45) is 5.73 Å². The average Bonchev–Trinajstić information content (AvgIpc) is 2.42. The summed E-state index contributed by atoms with van der Waals surface area (Å²) in [6.45, 7) is 0.628. The van der Waals surface area contributed by atoms with Gasteiger partial charge >= 0.3 is 0 Å². The van der Waals surface area contributed by atoms with Gasteiger partial charge in [-0.1, -0.05) is 6.07 Å².